The van der Waals surface area contributed by atoms with Crippen molar-refractivity contribution in [2.75, 3.05) is 33.9 Å². The lowest BCUT2D eigenvalue weighted by molar-refractivity contribution is -0.135. The first-order valence-electron chi connectivity index (χ1n) is 8.31. The molecule has 0 N–H and O–H groups in total. The molecule has 1 aromatic rings. The molecule has 1 unspecified atom stereocenters. The molecule has 0 spiro atoms. The van der Waals surface area contributed by atoms with E-state index in [9.17, 15) is 9.59 Å². The van der Waals surface area contributed by atoms with Crippen molar-refractivity contribution in [3.8, 4) is 11.5 Å². The molecule has 6 nitrogen and oxygen atoms in total. The first kappa shape index (κ1) is 18.1. The van der Waals surface area contributed by atoms with Crippen molar-refractivity contribution in [2.45, 2.75) is 26.8 Å². The summed E-state index contributed by atoms with van der Waals surface area (Å²) in [7, 11) is 3.17. The monoisotopic (exact) mass is 334 g/mol. The van der Waals surface area contributed by atoms with Crippen molar-refractivity contribution in [1.29, 1.82) is 0 Å². The maximum atomic E-state index is 12.4. The minimum Gasteiger partial charge on any atom is -0.493 e. The third-order valence-electron chi connectivity index (χ3n) is 4.46. The summed E-state index contributed by atoms with van der Waals surface area (Å²) in [4.78, 5) is 28.2. The van der Waals surface area contributed by atoms with Gasteiger partial charge in [-0.3, -0.25) is 9.59 Å². The minimum absolute atomic E-state index is 0.0234. The molecule has 1 fully saturated rings. The molecule has 2 rings (SSSR count). The fraction of sp³-hybridized carbons (Fsp3) is 0.556. The molecule has 1 heterocycles. The lowest BCUT2D eigenvalue weighted by Crippen LogP contribution is -2.37. The number of ether oxygens (including phenoxy) is 2. The Bertz CT molecular complexity index is 599. The molecule has 0 aliphatic carbocycles. The molecule has 6 heteroatoms. The molecule has 0 saturated carbocycles. The van der Waals surface area contributed by atoms with Gasteiger partial charge in [0.2, 0.25) is 11.8 Å². The highest BCUT2D eigenvalue weighted by Crippen LogP contribution is 2.29. The number of likely N-dealkylation sites (tertiary alicyclic amines) is 1. The number of hydrogen-bond acceptors (Lipinski definition) is 4. The Morgan fingerprint density at radius 3 is 2.46 bits per heavy atom. The van der Waals surface area contributed by atoms with Crippen LogP contribution in [-0.2, 0) is 16.1 Å². The van der Waals surface area contributed by atoms with Gasteiger partial charge in [0.25, 0.3) is 0 Å². The van der Waals surface area contributed by atoms with Crippen molar-refractivity contribution in [3.05, 3.63) is 23.8 Å². The van der Waals surface area contributed by atoms with E-state index in [0.717, 1.165) is 5.56 Å². The van der Waals surface area contributed by atoms with Crippen LogP contribution >= 0.6 is 0 Å². The normalized spacial score (nSPS) is 17.1. The summed E-state index contributed by atoms with van der Waals surface area (Å²) in [5, 5.41) is 0. The smallest absolute Gasteiger partial charge is 0.227 e. The summed E-state index contributed by atoms with van der Waals surface area (Å²) in [6.45, 7) is 6.22. The summed E-state index contributed by atoms with van der Waals surface area (Å²) >= 11 is 0. The predicted octanol–water partition coefficient (Wildman–Crippen LogP) is 1.92. The van der Waals surface area contributed by atoms with Crippen LogP contribution in [0.3, 0.4) is 0 Å². The third-order valence-corrected chi connectivity index (χ3v) is 4.46. The molecule has 1 aliphatic heterocycles. The Kier molecular flexibility index (Phi) is 6.06. The van der Waals surface area contributed by atoms with Crippen molar-refractivity contribution in [3.63, 3.8) is 0 Å². The van der Waals surface area contributed by atoms with Gasteiger partial charge in [0.1, 0.15) is 0 Å². The van der Waals surface area contributed by atoms with Crippen molar-refractivity contribution in [1.82, 2.24) is 9.80 Å². The minimum atomic E-state index is -0.238. The Morgan fingerprint density at radius 1 is 1.21 bits per heavy atom. The van der Waals surface area contributed by atoms with Gasteiger partial charge in [0, 0.05) is 32.6 Å². The van der Waals surface area contributed by atoms with Gasteiger partial charge in [0.15, 0.2) is 11.5 Å². The molecule has 24 heavy (non-hydrogen) atoms. The molecular formula is C18H26N2O4. The van der Waals surface area contributed by atoms with Crippen molar-refractivity contribution >= 4 is 11.8 Å². The van der Waals surface area contributed by atoms with Crippen molar-refractivity contribution in [2.24, 2.45) is 5.92 Å². The lowest BCUT2D eigenvalue weighted by atomic mass is 10.1. The van der Waals surface area contributed by atoms with Gasteiger partial charge in [-0.25, -0.2) is 0 Å². The predicted molar refractivity (Wildman–Crippen MR) is 91.0 cm³/mol. The molecule has 0 bridgehead atoms. The Hall–Kier alpha value is -2.24. The quantitative estimate of drug-likeness (QED) is 0.764. The van der Waals surface area contributed by atoms with Gasteiger partial charge < -0.3 is 19.3 Å². The summed E-state index contributed by atoms with van der Waals surface area (Å²) in [6.07, 6.45) is 0.294. The largest absolute Gasteiger partial charge is 0.493 e. The fourth-order valence-corrected chi connectivity index (χ4v) is 3.08. The van der Waals surface area contributed by atoms with E-state index < -0.39 is 0 Å². The number of rotatable bonds is 7. The van der Waals surface area contributed by atoms with E-state index in [1.165, 1.54) is 0 Å². The van der Waals surface area contributed by atoms with Gasteiger partial charge >= 0.3 is 0 Å². The van der Waals surface area contributed by atoms with E-state index in [4.69, 9.17) is 9.47 Å². The lowest BCUT2D eigenvalue weighted by Gasteiger charge is -2.22. The van der Waals surface area contributed by atoms with Crippen LogP contribution in [0, 0.1) is 5.92 Å². The molecule has 1 atom stereocenters. The molecular weight excluding hydrogens is 308 g/mol. The average molecular weight is 334 g/mol. The Morgan fingerprint density at radius 2 is 1.88 bits per heavy atom. The zero-order chi connectivity index (χ0) is 17.7. The fourth-order valence-electron chi connectivity index (χ4n) is 3.08. The van der Waals surface area contributed by atoms with Crippen LogP contribution in [0.5, 0.6) is 11.5 Å². The highest BCUT2D eigenvalue weighted by Gasteiger charge is 2.35. The molecule has 1 aromatic carbocycles. The summed E-state index contributed by atoms with van der Waals surface area (Å²) in [5.41, 5.74) is 0.955. The van der Waals surface area contributed by atoms with Gasteiger partial charge in [-0.1, -0.05) is 6.07 Å². The number of carbonyl (C=O) groups is 2. The first-order valence-corrected chi connectivity index (χ1v) is 8.31. The zero-order valence-electron chi connectivity index (χ0n) is 14.9. The highest BCUT2D eigenvalue weighted by atomic mass is 16.5. The van der Waals surface area contributed by atoms with Crippen LogP contribution in [0.15, 0.2) is 18.2 Å². The Balaban J connectivity index is 2.06. The molecule has 0 aromatic heterocycles. The zero-order valence-corrected chi connectivity index (χ0v) is 14.9. The van der Waals surface area contributed by atoms with E-state index in [0.29, 0.717) is 44.1 Å². The second kappa shape index (κ2) is 8.04. The number of carbonyl (C=O) groups excluding carboxylic acids is 2. The van der Waals surface area contributed by atoms with Crippen LogP contribution in [0.2, 0.25) is 0 Å². The maximum absolute atomic E-state index is 12.4. The van der Waals surface area contributed by atoms with Gasteiger partial charge in [-0.15, -0.1) is 0 Å². The Labute approximate surface area is 143 Å². The van der Waals surface area contributed by atoms with Crippen LogP contribution in [0.4, 0.5) is 0 Å². The molecule has 1 aliphatic rings. The van der Waals surface area contributed by atoms with Crippen LogP contribution in [0.1, 0.15) is 25.8 Å². The van der Waals surface area contributed by atoms with Gasteiger partial charge in [-0.05, 0) is 31.5 Å². The van der Waals surface area contributed by atoms with E-state index in [2.05, 4.69) is 0 Å². The maximum Gasteiger partial charge on any atom is 0.227 e. The second-order valence-corrected chi connectivity index (χ2v) is 5.88. The van der Waals surface area contributed by atoms with E-state index in [-0.39, 0.29) is 17.7 Å². The molecule has 132 valence electrons. The average Bonchev–Trinajstić information content (AvgIpc) is 2.96. The van der Waals surface area contributed by atoms with Crippen LogP contribution < -0.4 is 9.47 Å². The third kappa shape index (κ3) is 3.80. The van der Waals surface area contributed by atoms with Crippen molar-refractivity contribution < 1.29 is 19.1 Å². The second-order valence-electron chi connectivity index (χ2n) is 5.88. The topological polar surface area (TPSA) is 59.1 Å². The van der Waals surface area contributed by atoms with E-state index in [1.807, 2.05) is 32.0 Å². The van der Waals surface area contributed by atoms with Gasteiger partial charge in [-0.2, -0.15) is 0 Å². The number of nitrogens with zero attached hydrogens (tertiary/aromatic N) is 2. The SMILES string of the molecule is CCN(CC)C(=O)C1CC(=O)N(Cc2ccc(OC)c(OC)c2)C1. The molecule has 0 radical (unpaired) electrons. The summed E-state index contributed by atoms with van der Waals surface area (Å²) < 4.78 is 10.5. The molecule has 2 amide bonds. The number of benzene rings is 1. The standard InChI is InChI=1S/C18H26N2O4/c1-5-19(6-2)18(22)14-10-17(21)20(12-14)11-13-7-8-15(23-3)16(9-13)24-4/h7-9,14H,5-6,10-12H2,1-4H3. The summed E-state index contributed by atoms with van der Waals surface area (Å²) in [5.74, 6) is 1.15. The number of hydrogen-bond donors (Lipinski definition) is 0. The van der Waals surface area contributed by atoms with Crippen LogP contribution in [0.25, 0.3) is 0 Å². The first-order chi connectivity index (χ1) is 11.5. The van der Waals surface area contributed by atoms with Crippen LogP contribution in [-0.4, -0.2) is 55.5 Å². The number of methoxy groups -OCH3 is 2. The van der Waals surface area contributed by atoms with E-state index >= 15 is 0 Å². The van der Waals surface area contributed by atoms with Gasteiger partial charge in [0.05, 0.1) is 20.1 Å². The summed E-state index contributed by atoms with van der Waals surface area (Å²) in [6, 6.07) is 5.60. The molecule has 1 saturated heterocycles. The highest BCUT2D eigenvalue weighted by molar-refractivity contribution is 5.89. The van der Waals surface area contributed by atoms with E-state index in [1.54, 1.807) is 24.0 Å². The number of amides is 2.